The summed E-state index contributed by atoms with van der Waals surface area (Å²) in [5.74, 6) is -0.230. The molecule has 1 aliphatic heterocycles. The zero-order valence-electron chi connectivity index (χ0n) is 16.3. The highest BCUT2D eigenvalue weighted by Crippen LogP contribution is 2.63. The molecular formula is C21H24N4O3. The number of hydrogen-bond acceptors (Lipinski definition) is 6. The summed E-state index contributed by atoms with van der Waals surface area (Å²) in [6.07, 6.45) is 2.19. The van der Waals surface area contributed by atoms with E-state index in [0.717, 1.165) is 5.56 Å². The first-order valence-corrected chi connectivity index (χ1v) is 9.34. The number of carbonyl (C=O) groups excluding carboxylic acids is 2. The summed E-state index contributed by atoms with van der Waals surface area (Å²) in [7, 11) is 1.41. The number of benzene rings is 1. The van der Waals surface area contributed by atoms with Gasteiger partial charge in [-0.15, -0.1) is 0 Å². The Hall–Kier alpha value is -2.96. The number of nitrogen functional groups attached to an aromatic ring is 1. The van der Waals surface area contributed by atoms with Crippen LogP contribution in [-0.2, 0) is 9.53 Å². The fraction of sp³-hybridized carbons (Fsp3) is 0.429. The molecule has 2 heterocycles. The van der Waals surface area contributed by atoms with Gasteiger partial charge in [-0.2, -0.15) is 0 Å². The van der Waals surface area contributed by atoms with Crippen molar-refractivity contribution in [1.29, 1.82) is 0 Å². The van der Waals surface area contributed by atoms with E-state index in [9.17, 15) is 9.59 Å². The Morgan fingerprint density at radius 3 is 2.61 bits per heavy atom. The number of nitrogens with two attached hydrogens (primary N) is 1. The zero-order chi connectivity index (χ0) is 20.1. The SMILES string of the molecule is COC(=O)[C@@]12CN(C(=O)c3cnc(N)nc3-c3ccccc3)C[C@@H]1C(C)(C)C2. The van der Waals surface area contributed by atoms with Gasteiger partial charge in [0.1, 0.15) is 0 Å². The number of nitrogens with zero attached hydrogens (tertiary/aromatic N) is 3. The maximum absolute atomic E-state index is 13.4. The van der Waals surface area contributed by atoms with Gasteiger partial charge in [0.25, 0.3) is 5.91 Å². The van der Waals surface area contributed by atoms with Crippen molar-refractivity contribution in [2.24, 2.45) is 16.7 Å². The molecule has 7 heteroatoms. The average Bonchev–Trinajstić information content (AvgIpc) is 3.03. The fourth-order valence-corrected chi connectivity index (χ4v) is 5.07. The lowest BCUT2D eigenvalue weighted by molar-refractivity contribution is -0.174. The van der Waals surface area contributed by atoms with Crippen LogP contribution in [0, 0.1) is 16.7 Å². The number of rotatable bonds is 3. The molecule has 1 amide bonds. The van der Waals surface area contributed by atoms with E-state index in [2.05, 4.69) is 23.8 Å². The summed E-state index contributed by atoms with van der Waals surface area (Å²) in [6, 6.07) is 9.42. The lowest BCUT2D eigenvalue weighted by atomic mass is 9.48. The van der Waals surface area contributed by atoms with Gasteiger partial charge in [0, 0.05) is 24.8 Å². The van der Waals surface area contributed by atoms with Gasteiger partial charge in [0.05, 0.1) is 23.8 Å². The Morgan fingerprint density at radius 1 is 1.25 bits per heavy atom. The zero-order valence-corrected chi connectivity index (χ0v) is 16.3. The molecule has 2 fully saturated rings. The lowest BCUT2D eigenvalue weighted by Crippen LogP contribution is -2.57. The van der Waals surface area contributed by atoms with Crippen LogP contribution in [-0.4, -0.2) is 46.9 Å². The van der Waals surface area contributed by atoms with Gasteiger partial charge in [-0.05, 0) is 17.8 Å². The maximum atomic E-state index is 13.4. The van der Waals surface area contributed by atoms with E-state index in [0.29, 0.717) is 30.8 Å². The number of amides is 1. The van der Waals surface area contributed by atoms with Gasteiger partial charge in [-0.1, -0.05) is 44.2 Å². The summed E-state index contributed by atoms with van der Waals surface area (Å²) in [5, 5.41) is 0. The van der Waals surface area contributed by atoms with E-state index in [1.54, 1.807) is 4.90 Å². The third-order valence-corrected chi connectivity index (χ3v) is 6.22. The summed E-state index contributed by atoms with van der Waals surface area (Å²) in [6.45, 7) is 5.13. The van der Waals surface area contributed by atoms with Crippen LogP contribution in [0.3, 0.4) is 0 Å². The molecule has 2 N–H and O–H groups in total. The van der Waals surface area contributed by atoms with Crippen molar-refractivity contribution < 1.29 is 14.3 Å². The van der Waals surface area contributed by atoms with Gasteiger partial charge in [0.15, 0.2) is 0 Å². The first kappa shape index (κ1) is 18.4. The Balaban J connectivity index is 1.69. The molecule has 7 nitrogen and oxygen atoms in total. The van der Waals surface area contributed by atoms with Crippen molar-refractivity contribution in [3.05, 3.63) is 42.1 Å². The highest BCUT2D eigenvalue weighted by atomic mass is 16.5. The first-order chi connectivity index (χ1) is 13.3. The summed E-state index contributed by atoms with van der Waals surface area (Å²) < 4.78 is 5.08. The highest BCUT2D eigenvalue weighted by Gasteiger charge is 2.68. The van der Waals surface area contributed by atoms with E-state index in [-0.39, 0.29) is 29.2 Å². The molecule has 1 saturated carbocycles. The number of ether oxygens (including phenoxy) is 1. The molecule has 4 rings (SSSR count). The Labute approximate surface area is 163 Å². The molecule has 2 atom stereocenters. The van der Waals surface area contributed by atoms with Crippen LogP contribution in [0.1, 0.15) is 30.6 Å². The van der Waals surface area contributed by atoms with Crippen molar-refractivity contribution in [2.45, 2.75) is 20.3 Å². The normalized spacial score (nSPS) is 25.0. The summed E-state index contributed by atoms with van der Waals surface area (Å²) in [4.78, 5) is 36.0. The summed E-state index contributed by atoms with van der Waals surface area (Å²) >= 11 is 0. The van der Waals surface area contributed by atoms with Crippen molar-refractivity contribution in [3.8, 4) is 11.3 Å². The van der Waals surface area contributed by atoms with Gasteiger partial charge >= 0.3 is 5.97 Å². The predicted molar refractivity (Wildman–Crippen MR) is 104 cm³/mol. The second-order valence-electron chi connectivity index (χ2n) is 8.41. The monoisotopic (exact) mass is 380 g/mol. The number of methoxy groups -OCH3 is 1. The second kappa shape index (κ2) is 6.29. The maximum Gasteiger partial charge on any atom is 0.314 e. The predicted octanol–water partition coefficient (Wildman–Crippen LogP) is 2.39. The van der Waals surface area contributed by atoms with Crippen molar-refractivity contribution in [2.75, 3.05) is 25.9 Å². The van der Waals surface area contributed by atoms with Crippen LogP contribution in [0.4, 0.5) is 5.95 Å². The molecular weight excluding hydrogens is 356 g/mol. The number of likely N-dealkylation sites (tertiary alicyclic amines) is 1. The van der Waals surface area contributed by atoms with Crippen molar-refractivity contribution >= 4 is 17.8 Å². The number of aromatic nitrogens is 2. The second-order valence-corrected chi connectivity index (χ2v) is 8.41. The highest BCUT2D eigenvalue weighted by molar-refractivity contribution is 6.00. The minimum atomic E-state index is -0.616. The molecule has 2 aromatic rings. The van der Waals surface area contributed by atoms with Crippen LogP contribution in [0.2, 0.25) is 0 Å². The van der Waals surface area contributed by atoms with Crippen LogP contribution in [0.15, 0.2) is 36.5 Å². The minimum Gasteiger partial charge on any atom is -0.469 e. The van der Waals surface area contributed by atoms with E-state index < -0.39 is 5.41 Å². The number of carbonyl (C=O) groups is 2. The average molecular weight is 380 g/mol. The Bertz CT molecular complexity index is 944. The third-order valence-electron chi connectivity index (χ3n) is 6.22. The molecule has 0 unspecified atom stereocenters. The Kier molecular flexibility index (Phi) is 4.14. The number of anilines is 1. The van der Waals surface area contributed by atoms with Gasteiger partial charge in [-0.3, -0.25) is 9.59 Å². The number of fused-ring (bicyclic) bond motifs is 1. The van der Waals surface area contributed by atoms with Crippen molar-refractivity contribution in [1.82, 2.24) is 14.9 Å². The molecule has 0 radical (unpaired) electrons. The topological polar surface area (TPSA) is 98.4 Å². The molecule has 1 saturated heterocycles. The number of hydrogen-bond donors (Lipinski definition) is 1. The van der Waals surface area contributed by atoms with Crippen LogP contribution < -0.4 is 5.73 Å². The molecule has 1 aromatic heterocycles. The molecule has 1 aliphatic carbocycles. The third kappa shape index (κ3) is 2.65. The molecule has 0 spiro atoms. The molecule has 0 bridgehead atoms. The number of esters is 1. The van der Waals surface area contributed by atoms with Gasteiger partial charge in [-0.25, -0.2) is 9.97 Å². The van der Waals surface area contributed by atoms with Gasteiger partial charge < -0.3 is 15.4 Å². The quantitative estimate of drug-likeness (QED) is 0.821. The van der Waals surface area contributed by atoms with Crippen LogP contribution in [0.5, 0.6) is 0 Å². The molecule has 146 valence electrons. The molecule has 2 aliphatic rings. The first-order valence-electron chi connectivity index (χ1n) is 9.34. The molecule has 1 aromatic carbocycles. The Morgan fingerprint density at radius 2 is 1.96 bits per heavy atom. The van der Waals surface area contributed by atoms with E-state index in [4.69, 9.17) is 10.5 Å². The van der Waals surface area contributed by atoms with Crippen LogP contribution >= 0.6 is 0 Å². The van der Waals surface area contributed by atoms with Gasteiger partial charge in [0.2, 0.25) is 5.95 Å². The minimum absolute atomic E-state index is 0.0108. The molecule has 28 heavy (non-hydrogen) atoms. The lowest BCUT2D eigenvalue weighted by Gasteiger charge is -2.54. The summed E-state index contributed by atoms with van der Waals surface area (Å²) in [5.41, 5.74) is 6.84. The standard InChI is InChI=1S/C21H24N4O3/c1-20(2)11-21(18(27)28-3)12-25(10-15(20)21)17(26)14-9-23-19(22)24-16(14)13-7-5-4-6-8-13/h4-9,15H,10-12H2,1-3H3,(H2,22,23,24)/t15-,21+/m1/s1. The van der Waals surface area contributed by atoms with E-state index >= 15 is 0 Å². The van der Waals surface area contributed by atoms with Crippen LogP contribution in [0.25, 0.3) is 11.3 Å². The van der Waals surface area contributed by atoms with E-state index in [1.807, 2.05) is 30.3 Å². The largest absolute Gasteiger partial charge is 0.469 e. The van der Waals surface area contributed by atoms with E-state index in [1.165, 1.54) is 13.3 Å². The van der Waals surface area contributed by atoms with Crippen molar-refractivity contribution in [3.63, 3.8) is 0 Å². The smallest absolute Gasteiger partial charge is 0.314 e. The fourth-order valence-electron chi connectivity index (χ4n) is 5.07.